The van der Waals surface area contributed by atoms with Crippen molar-refractivity contribution >= 4 is 23.6 Å². The third-order valence-corrected chi connectivity index (χ3v) is 5.11. The summed E-state index contributed by atoms with van der Waals surface area (Å²) in [6, 6.07) is 10.7. The number of amides is 3. The molecule has 2 aliphatic heterocycles. The van der Waals surface area contributed by atoms with Crippen LogP contribution in [0.15, 0.2) is 53.7 Å². The maximum atomic E-state index is 14.0. The second kappa shape index (κ2) is 7.62. The number of ether oxygens (including phenoxy) is 1. The number of halogens is 1. The Labute approximate surface area is 172 Å². The van der Waals surface area contributed by atoms with Gasteiger partial charge in [0.25, 0.3) is 0 Å². The van der Waals surface area contributed by atoms with E-state index in [2.05, 4.69) is 10.6 Å². The first-order valence-corrected chi connectivity index (χ1v) is 9.44. The molecule has 0 saturated carbocycles. The van der Waals surface area contributed by atoms with E-state index in [9.17, 15) is 18.8 Å². The number of hydrogen-bond donors (Lipinski definition) is 2. The lowest BCUT2D eigenvalue weighted by Gasteiger charge is -2.32. The molecule has 2 aliphatic rings. The van der Waals surface area contributed by atoms with Crippen LogP contribution in [0.25, 0.3) is 0 Å². The molecule has 30 heavy (non-hydrogen) atoms. The zero-order valence-electron chi connectivity index (χ0n) is 16.5. The lowest BCUT2D eigenvalue weighted by Crippen LogP contribution is -2.49. The fourth-order valence-electron chi connectivity index (χ4n) is 3.54. The summed E-state index contributed by atoms with van der Waals surface area (Å²) < 4.78 is 19.2. The number of urea groups is 1. The summed E-state index contributed by atoms with van der Waals surface area (Å²) in [4.78, 5) is 38.7. The molecule has 0 fully saturated rings. The van der Waals surface area contributed by atoms with Gasteiger partial charge in [-0.1, -0.05) is 35.9 Å². The van der Waals surface area contributed by atoms with Crippen molar-refractivity contribution in [3.63, 3.8) is 0 Å². The molecular weight excluding hydrogens is 389 g/mol. The van der Waals surface area contributed by atoms with E-state index in [1.165, 1.54) is 12.1 Å². The number of hydrogen-bond acceptors (Lipinski definition) is 4. The maximum absolute atomic E-state index is 14.0. The SMILES string of the molecule is Cc1ccc([C@@H]2NC(=O)N(CC(=O)Nc3ccc(C)cc3F)C3=C2C(=O)OC3)cc1. The summed E-state index contributed by atoms with van der Waals surface area (Å²) in [7, 11) is 0. The van der Waals surface area contributed by atoms with Crippen LogP contribution in [0.4, 0.5) is 14.9 Å². The lowest BCUT2D eigenvalue weighted by atomic mass is 9.95. The van der Waals surface area contributed by atoms with Gasteiger partial charge in [0, 0.05) is 0 Å². The summed E-state index contributed by atoms with van der Waals surface area (Å²) >= 11 is 0. The van der Waals surface area contributed by atoms with Gasteiger partial charge in [-0.05, 0) is 37.1 Å². The molecule has 7 nitrogen and oxygen atoms in total. The number of anilines is 1. The summed E-state index contributed by atoms with van der Waals surface area (Å²) in [6.45, 7) is 3.20. The molecule has 2 aromatic rings. The minimum Gasteiger partial charge on any atom is -0.456 e. The summed E-state index contributed by atoms with van der Waals surface area (Å²) in [5, 5.41) is 5.23. The van der Waals surface area contributed by atoms with Crippen molar-refractivity contribution in [2.24, 2.45) is 0 Å². The molecule has 4 rings (SSSR count). The highest BCUT2D eigenvalue weighted by molar-refractivity contribution is 6.00. The molecular formula is C22H20FN3O4. The molecule has 0 spiro atoms. The van der Waals surface area contributed by atoms with Gasteiger partial charge in [-0.3, -0.25) is 9.69 Å². The molecule has 0 bridgehead atoms. The van der Waals surface area contributed by atoms with Gasteiger partial charge in [0.05, 0.1) is 23.0 Å². The quantitative estimate of drug-likeness (QED) is 0.760. The van der Waals surface area contributed by atoms with Gasteiger partial charge in [0.15, 0.2) is 0 Å². The van der Waals surface area contributed by atoms with E-state index in [1.54, 1.807) is 13.0 Å². The average Bonchev–Trinajstić information content (AvgIpc) is 3.08. The zero-order chi connectivity index (χ0) is 21.4. The van der Waals surface area contributed by atoms with Gasteiger partial charge >= 0.3 is 12.0 Å². The van der Waals surface area contributed by atoms with Crippen LogP contribution in [0.2, 0.25) is 0 Å². The fraction of sp³-hybridized carbons (Fsp3) is 0.227. The largest absolute Gasteiger partial charge is 0.456 e. The Bertz CT molecular complexity index is 1080. The van der Waals surface area contributed by atoms with Crippen molar-refractivity contribution in [2.75, 3.05) is 18.5 Å². The van der Waals surface area contributed by atoms with Gasteiger partial charge in [-0.2, -0.15) is 0 Å². The Morgan fingerprint density at radius 3 is 2.57 bits per heavy atom. The topological polar surface area (TPSA) is 87.7 Å². The molecule has 3 amide bonds. The van der Waals surface area contributed by atoms with Crippen LogP contribution in [-0.2, 0) is 14.3 Å². The van der Waals surface area contributed by atoms with Crippen LogP contribution in [0.3, 0.4) is 0 Å². The molecule has 154 valence electrons. The highest BCUT2D eigenvalue weighted by Gasteiger charge is 2.42. The van der Waals surface area contributed by atoms with E-state index in [0.717, 1.165) is 21.6 Å². The molecule has 8 heteroatoms. The number of nitrogens with one attached hydrogen (secondary N) is 2. The van der Waals surface area contributed by atoms with E-state index >= 15 is 0 Å². The summed E-state index contributed by atoms with van der Waals surface area (Å²) in [5.74, 6) is -1.69. The zero-order valence-corrected chi connectivity index (χ0v) is 16.5. The van der Waals surface area contributed by atoms with Crippen molar-refractivity contribution in [3.8, 4) is 0 Å². The Kier molecular flexibility index (Phi) is 4.99. The third kappa shape index (κ3) is 3.63. The number of benzene rings is 2. The third-order valence-electron chi connectivity index (χ3n) is 5.11. The fourth-order valence-corrected chi connectivity index (χ4v) is 3.54. The van der Waals surface area contributed by atoms with Crippen LogP contribution < -0.4 is 10.6 Å². The molecule has 1 atom stereocenters. The van der Waals surface area contributed by atoms with Gasteiger partial charge in [0.2, 0.25) is 5.91 Å². The Balaban J connectivity index is 1.59. The molecule has 2 N–H and O–H groups in total. The van der Waals surface area contributed by atoms with E-state index in [-0.39, 0.29) is 18.8 Å². The van der Waals surface area contributed by atoms with E-state index in [4.69, 9.17) is 4.74 Å². The number of cyclic esters (lactones) is 1. The normalized spacial score (nSPS) is 18.1. The first-order chi connectivity index (χ1) is 14.3. The van der Waals surface area contributed by atoms with Gasteiger partial charge in [-0.25, -0.2) is 14.0 Å². The number of nitrogens with zero attached hydrogens (tertiary/aromatic N) is 1. The van der Waals surface area contributed by atoms with E-state index in [1.807, 2.05) is 31.2 Å². The van der Waals surface area contributed by atoms with Crippen LogP contribution in [0.5, 0.6) is 0 Å². The van der Waals surface area contributed by atoms with Crippen molar-refractivity contribution in [2.45, 2.75) is 19.9 Å². The lowest BCUT2D eigenvalue weighted by molar-refractivity contribution is -0.136. The second-order valence-electron chi connectivity index (χ2n) is 7.35. The van der Waals surface area contributed by atoms with Gasteiger partial charge < -0.3 is 15.4 Å². The monoisotopic (exact) mass is 409 g/mol. The Hall–Kier alpha value is -3.68. The molecule has 0 aliphatic carbocycles. The van der Waals surface area contributed by atoms with Crippen LogP contribution in [0.1, 0.15) is 22.7 Å². The van der Waals surface area contributed by atoms with E-state index in [0.29, 0.717) is 11.3 Å². The van der Waals surface area contributed by atoms with Crippen molar-refractivity contribution in [1.29, 1.82) is 0 Å². The number of carbonyl (C=O) groups is 3. The summed E-state index contributed by atoms with van der Waals surface area (Å²) in [6.07, 6.45) is 0. The average molecular weight is 409 g/mol. The first kappa shape index (κ1) is 19.6. The predicted molar refractivity (Wildman–Crippen MR) is 107 cm³/mol. The number of esters is 1. The van der Waals surface area contributed by atoms with Crippen molar-refractivity contribution < 1.29 is 23.5 Å². The standard InChI is InChI=1S/C22H20FN3O4/c1-12-3-6-14(7-4-12)20-19-17(11-30-21(19)28)26(22(29)25-20)10-18(27)24-16-8-5-13(2)9-15(16)23/h3-9,20H,10-11H2,1-2H3,(H,24,27)(H,25,29)/t20-/m0/s1. The number of aryl methyl sites for hydroxylation is 2. The van der Waals surface area contributed by atoms with Gasteiger partial charge in [0.1, 0.15) is 19.0 Å². The first-order valence-electron chi connectivity index (χ1n) is 9.44. The molecule has 2 aromatic carbocycles. The molecule has 0 saturated heterocycles. The molecule has 0 radical (unpaired) electrons. The van der Waals surface area contributed by atoms with Crippen LogP contribution in [-0.4, -0.2) is 36.0 Å². The Morgan fingerprint density at radius 2 is 1.87 bits per heavy atom. The van der Waals surface area contributed by atoms with Gasteiger partial charge in [-0.15, -0.1) is 0 Å². The molecule has 0 unspecified atom stereocenters. The number of carbonyl (C=O) groups excluding carboxylic acids is 3. The maximum Gasteiger partial charge on any atom is 0.338 e. The van der Waals surface area contributed by atoms with Crippen molar-refractivity contribution in [1.82, 2.24) is 10.2 Å². The van der Waals surface area contributed by atoms with Crippen LogP contribution in [0, 0.1) is 19.7 Å². The predicted octanol–water partition coefficient (Wildman–Crippen LogP) is 2.96. The Morgan fingerprint density at radius 1 is 1.17 bits per heavy atom. The summed E-state index contributed by atoms with van der Waals surface area (Å²) in [5.41, 5.74) is 3.17. The van der Waals surface area contributed by atoms with E-state index < -0.39 is 29.8 Å². The highest BCUT2D eigenvalue weighted by atomic mass is 19.1. The highest BCUT2D eigenvalue weighted by Crippen LogP contribution is 2.35. The van der Waals surface area contributed by atoms with Crippen LogP contribution >= 0.6 is 0 Å². The minimum absolute atomic E-state index is 0.0218. The van der Waals surface area contributed by atoms with Crippen molar-refractivity contribution in [3.05, 3.63) is 76.2 Å². The molecule has 2 heterocycles. The number of rotatable bonds is 4. The minimum atomic E-state index is -0.656. The molecule has 0 aromatic heterocycles. The second-order valence-corrected chi connectivity index (χ2v) is 7.35. The smallest absolute Gasteiger partial charge is 0.338 e.